The molecule has 2 heterocycles. The van der Waals surface area contributed by atoms with E-state index < -0.39 is 11.4 Å². The van der Waals surface area contributed by atoms with Crippen molar-refractivity contribution in [2.45, 2.75) is 52.6 Å². The number of aromatic hydroxyl groups is 1. The fraction of sp³-hybridized carbons (Fsp3) is 0.417. The van der Waals surface area contributed by atoms with E-state index in [0.29, 0.717) is 28.9 Å². The summed E-state index contributed by atoms with van der Waals surface area (Å²) in [4.78, 5) is 30.3. The van der Waals surface area contributed by atoms with Gasteiger partial charge in [0.15, 0.2) is 5.78 Å². The zero-order chi connectivity index (χ0) is 23.6. The molecule has 1 aliphatic rings. The molecule has 2 aromatic rings. The minimum Gasteiger partial charge on any atom is -0.507 e. The highest BCUT2D eigenvalue weighted by molar-refractivity contribution is 6.04. The predicted molar refractivity (Wildman–Crippen MR) is 121 cm³/mol. The maximum absolute atomic E-state index is 13.2. The summed E-state index contributed by atoms with van der Waals surface area (Å²) >= 11 is 0. The standard InChI is InChI=1S/C24H30N4O4/c1-5-17-7-6-14-12-28(23(25)21(14)27-17)13-19(29)15-8-16(10-26-11-20(30)31)22(32)18(9-15)24(2,3)4/h6-9,25-26,32H,5,10-13H2,1-4H3,(H,30,31). The first kappa shape index (κ1) is 23.4. The van der Waals surface area contributed by atoms with Crippen LogP contribution in [0, 0.1) is 5.41 Å². The third kappa shape index (κ3) is 4.96. The van der Waals surface area contributed by atoms with E-state index in [0.717, 1.165) is 17.7 Å². The highest BCUT2D eigenvalue weighted by atomic mass is 16.4. The number of nitrogens with zero attached hydrogens (tertiary/aromatic N) is 2. The molecule has 3 rings (SSSR count). The van der Waals surface area contributed by atoms with Crippen molar-refractivity contribution in [3.63, 3.8) is 0 Å². The summed E-state index contributed by atoms with van der Waals surface area (Å²) in [6.45, 7) is 8.17. The molecule has 0 spiro atoms. The van der Waals surface area contributed by atoms with Crippen molar-refractivity contribution in [1.82, 2.24) is 15.2 Å². The molecular formula is C24H30N4O4. The number of rotatable bonds is 8. The number of Topliss-reactive ketones (excluding diaryl/α,β-unsaturated/α-hetero) is 1. The number of phenolic OH excluding ortho intramolecular Hbond substituents is 1. The van der Waals surface area contributed by atoms with Gasteiger partial charge in [0, 0.05) is 41.0 Å². The number of ketones is 1. The molecule has 8 nitrogen and oxygen atoms in total. The van der Waals surface area contributed by atoms with Crippen molar-refractivity contribution < 1.29 is 19.8 Å². The van der Waals surface area contributed by atoms with Crippen LogP contribution in [-0.4, -0.2) is 50.8 Å². The minimum atomic E-state index is -1.00. The van der Waals surface area contributed by atoms with Gasteiger partial charge < -0.3 is 20.4 Å². The van der Waals surface area contributed by atoms with Gasteiger partial charge >= 0.3 is 5.97 Å². The number of hydrogen-bond donors (Lipinski definition) is 4. The lowest BCUT2D eigenvalue weighted by molar-refractivity contribution is -0.136. The Balaban J connectivity index is 1.85. The van der Waals surface area contributed by atoms with Crippen LogP contribution >= 0.6 is 0 Å². The SMILES string of the molecule is CCc1ccc2c(n1)C(=N)N(CC(=O)c1cc(CNCC(=O)O)c(O)c(C(C)(C)C)c1)C2. The van der Waals surface area contributed by atoms with E-state index in [2.05, 4.69) is 10.3 Å². The van der Waals surface area contributed by atoms with Crippen LogP contribution in [0.4, 0.5) is 0 Å². The second kappa shape index (κ2) is 9.08. The van der Waals surface area contributed by atoms with E-state index in [1.54, 1.807) is 17.0 Å². The van der Waals surface area contributed by atoms with Gasteiger partial charge in [0.25, 0.3) is 0 Å². The number of nitrogens with one attached hydrogen (secondary N) is 2. The van der Waals surface area contributed by atoms with Gasteiger partial charge in [0.2, 0.25) is 0 Å². The van der Waals surface area contributed by atoms with E-state index >= 15 is 0 Å². The first-order chi connectivity index (χ1) is 15.0. The number of fused-ring (bicyclic) bond motifs is 1. The number of carbonyl (C=O) groups is 2. The van der Waals surface area contributed by atoms with Gasteiger partial charge in [0.05, 0.1) is 13.1 Å². The van der Waals surface area contributed by atoms with E-state index in [1.165, 1.54) is 0 Å². The molecule has 0 radical (unpaired) electrons. The van der Waals surface area contributed by atoms with Crippen LogP contribution < -0.4 is 5.32 Å². The first-order valence-corrected chi connectivity index (χ1v) is 10.7. The van der Waals surface area contributed by atoms with Gasteiger partial charge in [-0.3, -0.25) is 15.0 Å². The van der Waals surface area contributed by atoms with Crippen molar-refractivity contribution in [1.29, 1.82) is 5.41 Å². The van der Waals surface area contributed by atoms with Crippen LogP contribution in [0.2, 0.25) is 0 Å². The van der Waals surface area contributed by atoms with Crippen molar-refractivity contribution in [2.75, 3.05) is 13.1 Å². The molecule has 0 aliphatic carbocycles. The number of benzene rings is 1. The lowest BCUT2D eigenvalue weighted by Crippen LogP contribution is -2.31. The molecule has 0 fully saturated rings. The zero-order valence-electron chi connectivity index (χ0n) is 19.0. The van der Waals surface area contributed by atoms with Gasteiger partial charge in [-0.25, -0.2) is 4.98 Å². The van der Waals surface area contributed by atoms with E-state index in [9.17, 15) is 14.7 Å². The van der Waals surface area contributed by atoms with Crippen molar-refractivity contribution >= 4 is 17.6 Å². The van der Waals surface area contributed by atoms with E-state index in [-0.39, 0.29) is 37.0 Å². The first-order valence-electron chi connectivity index (χ1n) is 10.7. The quantitative estimate of drug-likeness (QED) is 0.467. The molecular weight excluding hydrogens is 408 g/mol. The Morgan fingerprint density at radius 1 is 1.25 bits per heavy atom. The summed E-state index contributed by atoms with van der Waals surface area (Å²) in [5, 5.41) is 30.8. The maximum Gasteiger partial charge on any atom is 0.317 e. The molecule has 0 bridgehead atoms. The van der Waals surface area contributed by atoms with E-state index in [1.807, 2.05) is 39.8 Å². The number of carboxylic acids is 1. The Bertz CT molecular complexity index is 1070. The molecule has 32 heavy (non-hydrogen) atoms. The normalized spacial score (nSPS) is 13.4. The highest BCUT2D eigenvalue weighted by Crippen LogP contribution is 2.35. The summed E-state index contributed by atoms with van der Waals surface area (Å²) < 4.78 is 0. The van der Waals surface area contributed by atoms with Crippen molar-refractivity contribution in [2.24, 2.45) is 0 Å². The number of phenols is 1. The second-order valence-electron chi connectivity index (χ2n) is 9.07. The number of aryl methyl sites for hydroxylation is 1. The Morgan fingerprint density at radius 2 is 1.97 bits per heavy atom. The van der Waals surface area contributed by atoms with Crippen LogP contribution in [0.15, 0.2) is 24.3 Å². The van der Waals surface area contributed by atoms with Gasteiger partial charge in [-0.05, 0) is 30.0 Å². The second-order valence-corrected chi connectivity index (χ2v) is 9.07. The number of pyridine rings is 1. The third-order valence-electron chi connectivity index (χ3n) is 5.55. The van der Waals surface area contributed by atoms with E-state index in [4.69, 9.17) is 10.5 Å². The summed E-state index contributed by atoms with van der Waals surface area (Å²) in [5.74, 6) is -0.880. The molecule has 1 aromatic carbocycles. The molecule has 0 amide bonds. The highest BCUT2D eigenvalue weighted by Gasteiger charge is 2.29. The number of hydrogen-bond acceptors (Lipinski definition) is 6. The topological polar surface area (TPSA) is 127 Å². The molecule has 0 atom stereocenters. The number of amidine groups is 1. The van der Waals surface area contributed by atoms with Crippen LogP contribution in [-0.2, 0) is 29.7 Å². The van der Waals surface area contributed by atoms with Crippen LogP contribution in [0.25, 0.3) is 0 Å². The smallest absolute Gasteiger partial charge is 0.317 e. The lowest BCUT2D eigenvalue weighted by atomic mass is 9.83. The molecule has 1 aromatic heterocycles. The molecule has 0 saturated carbocycles. The summed E-state index contributed by atoms with van der Waals surface area (Å²) in [7, 11) is 0. The van der Waals surface area contributed by atoms with Crippen LogP contribution in [0.5, 0.6) is 5.75 Å². The number of aromatic nitrogens is 1. The lowest BCUT2D eigenvalue weighted by Gasteiger charge is -2.24. The molecule has 170 valence electrons. The fourth-order valence-electron chi connectivity index (χ4n) is 3.76. The average molecular weight is 439 g/mol. The van der Waals surface area contributed by atoms with Crippen molar-refractivity contribution in [3.05, 3.63) is 57.9 Å². The molecule has 4 N–H and O–H groups in total. The monoisotopic (exact) mass is 438 g/mol. The maximum atomic E-state index is 13.2. The summed E-state index contributed by atoms with van der Waals surface area (Å²) in [6, 6.07) is 7.20. The summed E-state index contributed by atoms with van der Waals surface area (Å²) in [6.07, 6.45) is 0.779. The van der Waals surface area contributed by atoms with Crippen molar-refractivity contribution in [3.8, 4) is 5.75 Å². The van der Waals surface area contributed by atoms with Crippen LogP contribution in [0.3, 0.4) is 0 Å². The Kier molecular flexibility index (Phi) is 6.64. The predicted octanol–water partition coefficient (Wildman–Crippen LogP) is 2.85. The third-order valence-corrected chi connectivity index (χ3v) is 5.55. The molecule has 8 heteroatoms. The fourth-order valence-corrected chi connectivity index (χ4v) is 3.76. The Hall–Kier alpha value is -3.26. The van der Waals surface area contributed by atoms with Gasteiger partial charge in [0.1, 0.15) is 17.3 Å². The van der Waals surface area contributed by atoms with Gasteiger partial charge in [-0.1, -0.05) is 33.8 Å². The van der Waals surface area contributed by atoms with Crippen LogP contribution in [0.1, 0.15) is 66.1 Å². The number of carbonyl (C=O) groups excluding carboxylic acids is 1. The number of aliphatic carboxylic acids is 1. The van der Waals surface area contributed by atoms with Gasteiger partial charge in [-0.15, -0.1) is 0 Å². The minimum absolute atomic E-state index is 0.0208. The molecule has 0 saturated heterocycles. The Morgan fingerprint density at radius 3 is 2.59 bits per heavy atom. The largest absolute Gasteiger partial charge is 0.507 e. The molecule has 0 unspecified atom stereocenters. The number of carboxylic acid groups (broad SMARTS) is 1. The van der Waals surface area contributed by atoms with Gasteiger partial charge in [-0.2, -0.15) is 0 Å². The Labute approximate surface area is 187 Å². The molecule has 1 aliphatic heterocycles. The summed E-state index contributed by atoms with van der Waals surface area (Å²) in [5.41, 5.74) is 3.55. The average Bonchev–Trinajstić information content (AvgIpc) is 3.02. The zero-order valence-corrected chi connectivity index (χ0v) is 19.0.